The molecule has 1 aromatic heterocycles. The quantitative estimate of drug-likeness (QED) is 0.775. The zero-order valence-corrected chi connectivity index (χ0v) is 11.9. The summed E-state index contributed by atoms with van der Waals surface area (Å²) in [4.78, 5) is 39.5. The van der Waals surface area contributed by atoms with Gasteiger partial charge < -0.3 is 15.0 Å². The molecule has 0 unspecified atom stereocenters. The van der Waals surface area contributed by atoms with E-state index in [-0.39, 0.29) is 17.6 Å². The van der Waals surface area contributed by atoms with E-state index < -0.39 is 17.1 Å². The summed E-state index contributed by atoms with van der Waals surface area (Å²) in [7, 11) is 1.89. The van der Waals surface area contributed by atoms with Gasteiger partial charge in [0, 0.05) is 13.1 Å². The highest BCUT2D eigenvalue weighted by Gasteiger charge is 2.15. The first-order valence-electron chi connectivity index (χ1n) is 6.63. The van der Waals surface area contributed by atoms with Crippen molar-refractivity contribution in [2.24, 2.45) is 0 Å². The van der Waals surface area contributed by atoms with Crippen LogP contribution in [0, 0.1) is 0 Å². The fourth-order valence-corrected chi connectivity index (χ4v) is 2.15. The summed E-state index contributed by atoms with van der Waals surface area (Å²) in [6.07, 6.45) is 0. The van der Waals surface area contributed by atoms with Crippen molar-refractivity contribution >= 4 is 17.0 Å². The number of benzene rings is 1. The Hall–Kier alpha value is -2.41. The lowest BCUT2D eigenvalue weighted by Gasteiger charge is -2.16. The van der Waals surface area contributed by atoms with Gasteiger partial charge in [-0.15, -0.1) is 0 Å². The van der Waals surface area contributed by atoms with Crippen molar-refractivity contribution in [3.63, 3.8) is 0 Å². The van der Waals surface area contributed by atoms with Crippen LogP contribution in [0.5, 0.6) is 0 Å². The van der Waals surface area contributed by atoms with Gasteiger partial charge in [0.15, 0.2) is 0 Å². The molecule has 0 aliphatic rings. The van der Waals surface area contributed by atoms with E-state index in [1.807, 2.05) is 18.9 Å². The molecule has 7 heteroatoms. The van der Waals surface area contributed by atoms with Crippen LogP contribution in [-0.4, -0.2) is 45.7 Å². The highest BCUT2D eigenvalue weighted by atomic mass is 16.4. The minimum absolute atomic E-state index is 0.00000142. The number of nitrogens with one attached hydrogen (secondary N) is 1. The number of hydrogen-bond acceptors (Lipinski definition) is 4. The predicted octanol–water partition coefficient (Wildman–Crippen LogP) is 0.340. The Morgan fingerprint density at radius 2 is 2.10 bits per heavy atom. The number of para-hydroxylation sites is 1. The molecule has 2 rings (SSSR count). The third kappa shape index (κ3) is 2.87. The predicted molar refractivity (Wildman–Crippen MR) is 79.0 cm³/mol. The zero-order valence-electron chi connectivity index (χ0n) is 11.9. The van der Waals surface area contributed by atoms with Crippen molar-refractivity contribution in [1.82, 2.24) is 14.5 Å². The number of aromatic carboxylic acids is 1. The number of fused-ring (bicyclic) bond motifs is 1. The van der Waals surface area contributed by atoms with Crippen LogP contribution >= 0.6 is 0 Å². The lowest BCUT2D eigenvalue weighted by Crippen LogP contribution is -2.39. The van der Waals surface area contributed by atoms with Crippen molar-refractivity contribution in [2.75, 3.05) is 20.1 Å². The molecular weight excluding hydrogens is 274 g/mol. The Morgan fingerprint density at radius 1 is 1.38 bits per heavy atom. The first kappa shape index (κ1) is 15.0. The molecule has 0 amide bonds. The molecule has 7 nitrogen and oxygen atoms in total. The molecule has 0 saturated carbocycles. The number of likely N-dealkylation sites (N-methyl/N-ethyl adjacent to an activating group) is 1. The Balaban J connectivity index is 2.70. The Labute approximate surface area is 120 Å². The van der Waals surface area contributed by atoms with Crippen molar-refractivity contribution in [3.05, 3.63) is 44.5 Å². The van der Waals surface area contributed by atoms with Crippen LogP contribution in [0.25, 0.3) is 11.0 Å². The van der Waals surface area contributed by atoms with E-state index in [0.29, 0.717) is 12.1 Å². The van der Waals surface area contributed by atoms with Crippen LogP contribution in [0.1, 0.15) is 17.3 Å². The number of aromatic nitrogens is 2. The highest BCUT2D eigenvalue weighted by molar-refractivity contribution is 6.00. The van der Waals surface area contributed by atoms with Gasteiger partial charge in [-0.1, -0.05) is 13.0 Å². The normalized spacial score (nSPS) is 11.2. The zero-order chi connectivity index (χ0) is 15.6. The lowest BCUT2D eigenvalue weighted by atomic mass is 10.1. The number of hydrogen-bond donors (Lipinski definition) is 2. The average molecular weight is 291 g/mol. The average Bonchev–Trinajstić information content (AvgIpc) is 2.46. The maximum absolute atomic E-state index is 12.1. The van der Waals surface area contributed by atoms with E-state index in [1.165, 1.54) is 16.7 Å². The molecule has 21 heavy (non-hydrogen) atoms. The number of carboxylic acids is 1. The van der Waals surface area contributed by atoms with Crippen LogP contribution in [0.15, 0.2) is 27.8 Å². The minimum atomic E-state index is -1.13. The van der Waals surface area contributed by atoms with Gasteiger partial charge in [0.05, 0.1) is 16.6 Å². The SMILES string of the molecule is CCN(C)CCn1c(=O)c(=O)[nH]c2cccc(C(=O)O)c21. The molecule has 0 aliphatic heterocycles. The second-order valence-corrected chi connectivity index (χ2v) is 4.81. The fourth-order valence-electron chi connectivity index (χ4n) is 2.15. The van der Waals surface area contributed by atoms with Gasteiger partial charge in [-0.3, -0.25) is 14.2 Å². The standard InChI is InChI=1S/C14H17N3O4/c1-3-16(2)7-8-17-11-9(14(20)21)5-4-6-10(11)15-12(18)13(17)19/h4-6H,3,7-8H2,1-2H3,(H,15,18)(H,20,21). The summed E-state index contributed by atoms with van der Waals surface area (Å²) in [6.45, 7) is 3.57. The molecule has 2 aromatic rings. The van der Waals surface area contributed by atoms with Gasteiger partial charge in [0.2, 0.25) is 0 Å². The van der Waals surface area contributed by atoms with Gasteiger partial charge >= 0.3 is 17.1 Å². The van der Waals surface area contributed by atoms with Gasteiger partial charge in [-0.2, -0.15) is 0 Å². The monoisotopic (exact) mass is 291 g/mol. The number of rotatable bonds is 5. The Bertz CT molecular complexity index is 791. The molecule has 0 aliphatic carbocycles. The third-order valence-electron chi connectivity index (χ3n) is 3.47. The molecule has 0 fully saturated rings. The summed E-state index contributed by atoms with van der Waals surface area (Å²) in [6, 6.07) is 4.54. The van der Waals surface area contributed by atoms with Gasteiger partial charge in [0.1, 0.15) is 0 Å². The molecule has 2 N–H and O–H groups in total. The third-order valence-corrected chi connectivity index (χ3v) is 3.47. The Kier molecular flexibility index (Phi) is 4.23. The van der Waals surface area contributed by atoms with E-state index in [2.05, 4.69) is 4.98 Å². The largest absolute Gasteiger partial charge is 0.478 e. The molecule has 1 aromatic carbocycles. The summed E-state index contributed by atoms with van der Waals surface area (Å²) >= 11 is 0. The second kappa shape index (κ2) is 5.92. The highest BCUT2D eigenvalue weighted by Crippen LogP contribution is 2.14. The molecule has 0 bridgehead atoms. The van der Waals surface area contributed by atoms with Crippen molar-refractivity contribution in [1.29, 1.82) is 0 Å². The first-order valence-corrected chi connectivity index (χ1v) is 6.63. The lowest BCUT2D eigenvalue weighted by molar-refractivity contribution is 0.0698. The molecule has 0 radical (unpaired) electrons. The van der Waals surface area contributed by atoms with Crippen molar-refractivity contribution in [3.8, 4) is 0 Å². The first-order chi connectivity index (χ1) is 9.95. The van der Waals surface area contributed by atoms with E-state index in [9.17, 15) is 19.5 Å². The number of nitrogens with zero attached hydrogens (tertiary/aromatic N) is 2. The molecular formula is C14H17N3O4. The van der Waals surface area contributed by atoms with Crippen LogP contribution < -0.4 is 11.1 Å². The summed E-state index contributed by atoms with van der Waals surface area (Å²) in [5.41, 5.74) is -0.886. The van der Waals surface area contributed by atoms with Crippen LogP contribution in [0.3, 0.4) is 0 Å². The Morgan fingerprint density at radius 3 is 2.71 bits per heavy atom. The van der Waals surface area contributed by atoms with Gasteiger partial charge in [-0.05, 0) is 25.7 Å². The maximum Gasteiger partial charge on any atom is 0.337 e. The van der Waals surface area contributed by atoms with Gasteiger partial charge in [0.25, 0.3) is 0 Å². The maximum atomic E-state index is 12.1. The van der Waals surface area contributed by atoms with Crippen LogP contribution in [0.4, 0.5) is 0 Å². The van der Waals surface area contributed by atoms with Crippen molar-refractivity contribution < 1.29 is 9.90 Å². The fraction of sp³-hybridized carbons (Fsp3) is 0.357. The number of carbonyl (C=O) groups is 1. The van der Waals surface area contributed by atoms with Gasteiger partial charge in [-0.25, -0.2) is 4.79 Å². The molecule has 0 spiro atoms. The summed E-state index contributed by atoms with van der Waals surface area (Å²) < 4.78 is 1.24. The van der Waals surface area contributed by atoms with E-state index in [1.54, 1.807) is 6.07 Å². The van der Waals surface area contributed by atoms with E-state index >= 15 is 0 Å². The molecule has 1 heterocycles. The number of carboxylic acid groups (broad SMARTS) is 1. The minimum Gasteiger partial charge on any atom is -0.478 e. The number of H-pyrrole nitrogens is 1. The van der Waals surface area contributed by atoms with E-state index in [4.69, 9.17) is 0 Å². The van der Waals surface area contributed by atoms with E-state index in [0.717, 1.165) is 6.54 Å². The number of aromatic amines is 1. The summed E-state index contributed by atoms with van der Waals surface area (Å²) in [5, 5.41) is 9.27. The second-order valence-electron chi connectivity index (χ2n) is 4.81. The summed E-state index contributed by atoms with van der Waals surface area (Å²) in [5.74, 6) is -1.13. The molecule has 0 saturated heterocycles. The smallest absolute Gasteiger partial charge is 0.337 e. The van der Waals surface area contributed by atoms with Crippen LogP contribution in [0.2, 0.25) is 0 Å². The topological polar surface area (TPSA) is 95.4 Å². The molecule has 0 atom stereocenters. The van der Waals surface area contributed by atoms with Crippen molar-refractivity contribution in [2.45, 2.75) is 13.5 Å². The molecule has 112 valence electrons. The van der Waals surface area contributed by atoms with Crippen LogP contribution in [-0.2, 0) is 6.54 Å².